The summed E-state index contributed by atoms with van der Waals surface area (Å²) in [7, 11) is 1.80. The molecule has 0 aliphatic rings. The van der Waals surface area contributed by atoms with Crippen molar-refractivity contribution >= 4 is 45.7 Å². The molecule has 0 radical (unpaired) electrons. The lowest BCUT2D eigenvalue weighted by molar-refractivity contribution is -0.137. The van der Waals surface area contributed by atoms with Gasteiger partial charge in [-0.25, -0.2) is 0 Å². The van der Waals surface area contributed by atoms with Gasteiger partial charge in [-0.3, -0.25) is 9.20 Å². The largest absolute Gasteiger partial charge is 0.416 e. The third-order valence-corrected chi connectivity index (χ3v) is 5.91. The number of nitrogens with two attached hydrogens (primary N) is 1. The van der Waals surface area contributed by atoms with Gasteiger partial charge in [-0.2, -0.15) is 18.2 Å². The smallest absolute Gasteiger partial charge is 0.366 e. The number of halogens is 4. The van der Waals surface area contributed by atoms with Crippen molar-refractivity contribution in [2.45, 2.75) is 6.18 Å². The van der Waals surface area contributed by atoms with Crippen molar-refractivity contribution in [3.05, 3.63) is 83.1 Å². The lowest BCUT2D eigenvalue weighted by Gasteiger charge is -2.21. The lowest BCUT2D eigenvalue weighted by atomic mass is 9.96. The second kappa shape index (κ2) is 8.24. The summed E-state index contributed by atoms with van der Waals surface area (Å²) in [5, 5.41) is 9.29. The number of carbonyl (C=O) groups excluding carboxylic acids is 1. The van der Waals surface area contributed by atoms with Crippen LogP contribution in [0.2, 0.25) is 5.02 Å². The maximum Gasteiger partial charge on any atom is 0.416 e. The third-order valence-electron chi connectivity index (χ3n) is 5.67. The first kappa shape index (κ1) is 22.6. The fraction of sp³-hybridized carbons (Fsp3) is 0.0833. The van der Waals surface area contributed by atoms with E-state index in [0.717, 1.165) is 23.0 Å². The maximum absolute atomic E-state index is 13.2. The van der Waals surface area contributed by atoms with Gasteiger partial charge in [0.1, 0.15) is 12.1 Å². The number of hydrogen-bond acceptors (Lipinski definition) is 5. The van der Waals surface area contributed by atoms with Crippen molar-refractivity contribution in [1.82, 2.24) is 19.6 Å². The van der Waals surface area contributed by atoms with Gasteiger partial charge >= 0.3 is 6.18 Å². The number of rotatable bonds is 4. The van der Waals surface area contributed by atoms with Crippen LogP contribution in [0.5, 0.6) is 0 Å². The molecule has 11 heteroatoms. The molecule has 3 aromatic carbocycles. The predicted molar refractivity (Wildman–Crippen MR) is 127 cm³/mol. The molecule has 0 aliphatic carbocycles. The zero-order valence-corrected chi connectivity index (χ0v) is 18.8. The molecule has 0 saturated carbocycles. The zero-order valence-electron chi connectivity index (χ0n) is 18.1. The number of nitrogens with zero attached hydrogens (tertiary/aromatic N) is 5. The molecule has 0 atom stereocenters. The van der Waals surface area contributed by atoms with Crippen LogP contribution >= 0.6 is 11.6 Å². The van der Waals surface area contributed by atoms with Crippen molar-refractivity contribution in [1.29, 1.82) is 0 Å². The summed E-state index contributed by atoms with van der Waals surface area (Å²) < 4.78 is 41.3. The Balaban J connectivity index is 1.63. The monoisotopic (exact) mass is 496 g/mol. The molecule has 7 nitrogen and oxygen atoms in total. The number of primary amides is 1. The zero-order chi connectivity index (χ0) is 24.9. The molecular weight excluding hydrogens is 481 g/mol. The number of fused-ring (bicyclic) bond motifs is 3. The van der Waals surface area contributed by atoms with Crippen LogP contribution in [0.25, 0.3) is 27.8 Å². The summed E-state index contributed by atoms with van der Waals surface area (Å²) in [6.45, 7) is 0. The normalized spacial score (nSPS) is 11.8. The highest BCUT2D eigenvalue weighted by Gasteiger charge is 2.31. The van der Waals surface area contributed by atoms with E-state index >= 15 is 0 Å². The fourth-order valence-corrected chi connectivity index (χ4v) is 4.13. The molecule has 2 heterocycles. The van der Waals surface area contributed by atoms with Crippen molar-refractivity contribution < 1.29 is 18.0 Å². The minimum atomic E-state index is -4.60. The van der Waals surface area contributed by atoms with Crippen LogP contribution in [0.3, 0.4) is 0 Å². The van der Waals surface area contributed by atoms with Gasteiger partial charge in [-0.05, 0) is 53.6 Å². The molecule has 1 amide bonds. The molecule has 0 aliphatic heterocycles. The van der Waals surface area contributed by atoms with Gasteiger partial charge in [0.25, 0.3) is 5.78 Å². The molecule has 0 bridgehead atoms. The molecule has 0 spiro atoms. The first-order valence-electron chi connectivity index (χ1n) is 10.3. The van der Waals surface area contributed by atoms with Crippen molar-refractivity contribution in [2.75, 3.05) is 11.9 Å². The molecule has 2 N–H and O–H groups in total. The van der Waals surface area contributed by atoms with E-state index in [1.165, 1.54) is 6.07 Å². The molecule has 0 fully saturated rings. The summed E-state index contributed by atoms with van der Waals surface area (Å²) in [6, 6.07) is 15.3. The molecule has 0 saturated heterocycles. The van der Waals surface area contributed by atoms with E-state index in [1.54, 1.807) is 48.1 Å². The van der Waals surface area contributed by atoms with E-state index in [2.05, 4.69) is 15.2 Å². The van der Waals surface area contributed by atoms with Gasteiger partial charge in [0, 0.05) is 28.7 Å². The Hall–Kier alpha value is -4.18. The van der Waals surface area contributed by atoms with Crippen molar-refractivity contribution in [2.24, 2.45) is 5.73 Å². The third kappa shape index (κ3) is 4.01. The molecular formula is C24H16ClF3N6O. The number of hydrogen-bond donors (Lipinski definition) is 1. The summed E-state index contributed by atoms with van der Waals surface area (Å²) in [6.07, 6.45) is -3.05. The highest BCUT2D eigenvalue weighted by molar-refractivity contribution is 6.31. The number of amides is 1. The van der Waals surface area contributed by atoms with Crippen LogP contribution in [-0.2, 0) is 6.18 Å². The van der Waals surface area contributed by atoms with E-state index in [1.807, 2.05) is 17.0 Å². The van der Waals surface area contributed by atoms with Gasteiger partial charge in [-0.15, -0.1) is 10.2 Å². The Kier molecular flexibility index (Phi) is 5.32. The van der Waals surface area contributed by atoms with Crippen LogP contribution in [0.1, 0.15) is 15.9 Å². The molecule has 0 unspecified atom stereocenters. The summed E-state index contributed by atoms with van der Waals surface area (Å²) in [4.78, 5) is 18.4. The lowest BCUT2D eigenvalue weighted by Crippen LogP contribution is -2.15. The second-order valence-corrected chi connectivity index (χ2v) is 8.27. The Bertz CT molecular complexity index is 1610. The number of benzene rings is 3. The van der Waals surface area contributed by atoms with E-state index in [-0.39, 0.29) is 5.56 Å². The van der Waals surface area contributed by atoms with Crippen LogP contribution in [0, 0.1) is 0 Å². The van der Waals surface area contributed by atoms with Gasteiger partial charge in [-0.1, -0.05) is 29.8 Å². The molecule has 5 rings (SSSR count). The number of anilines is 2. The number of aromatic nitrogens is 4. The van der Waals surface area contributed by atoms with Crippen LogP contribution in [0.15, 0.2) is 67.0 Å². The molecule has 176 valence electrons. The van der Waals surface area contributed by atoms with Crippen LogP contribution in [0.4, 0.5) is 24.7 Å². The summed E-state index contributed by atoms with van der Waals surface area (Å²) >= 11 is 6.21. The Morgan fingerprint density at radius 1 is 1.09 bits per heavy atom. The average molecular weight is 497 g/mol. The highest BCUT2D eigenvalue weighted by atomic mass is 35.5. The SMILES string of the molecule is CN(c1cccc(-c2ccc(C(F)(F)F)cc2C(N)=O)c1)c1nc2nncn2c2cc(Cl)ccc12. The average Bonchev–Trinajstić information content (AvgIpc) is 3.31. The Morgan fingerprint density at radius 3 is 2.63 bits per heavy atom. The van der Waals surface area contributed by atoms with E-state index in [9.17, 15) is 18.0 Å². The molecule has 2 aromatic heterocycles. The van der Waals surface area contributed by atoms with E-state index < -0.39 is 17.6 Å². The predicted octanol–water partition coefficient (Wildman–Crippen LogP) is 5.48. The summed E-state index contributed by atoms with van der Waals surface area (Å²) in [5.74, 6) is -0.0139. The van der Waals surface area contributed by atoms with E-state index in [4.69, 9.17) is 17.3 Å². The minimum absolute atomic E-state index is 0.220. The first-order chi connectivity index (χ1) is 16.6. The number of carbonyl (C=O) groups is 1. The van der Waals surface area contributed by atoms with Crippen LogP contribution < -0.4 is 10.6 Å². The maximum atomic E-state index is 13.2. The summed E-state index contributed by atoms with van der Waals surface area (Å²) in [5.41, 5.74) is 6.49. The molecule has 5 aromatic rings. The van der Waals surface area contributed by atoms with Gasteiger partial charge in [0.15, 0.2) is 0 Å². The fourth-order valence-electron chi connectivity index (χ4n) is 3.96. The Labute approximate surface area is 201 Å². The molecule has 35 heavy (non-hydrogen) atoms. The van der Waals surface area contributed by atoms with Gasteiger partial charge in [0.2, 0.25) is 5.91 Å². The second-order valence-electron chi connectivity index (χ2n) is 7.83. The van der Waals surface area contributed by atoms with Gasteiger partial charge in [0.05, 0.1) is 11.1 Å². The first-order valence-corrected chi connectivity index (χ1v) is 10.7. The van der Waals surface area contributed by atoms with Crippen molar-refractivity contribution in [3.63, 3.8) is 0 Å². The van der Waals surface area contributed by atoms with Crippen LogP contribution in [-0.4, -0.2) is 32.5 Å². The minimum Gasteiger partial charge on any atom is -0.366 e. The van der Waals surface area contributed by atoms with E-state index in [0.29, 0.717) is 33.4 Å². The Morgan fingerprint density at radius 2 is 1.89 bits per heavy atom. The standard InChI is InChI=1S/C24H16ClF3N6O/c1-33(22-18-8-6-15(25)11-20(18)34-12-30-32-23(34)31-22)16-4-2-3-13(9-16)17-7-5-14(24(26,27)28)10-19(17)21(29)35/h2-12H,1H3,(H2,29,35). The highest BCUT2D eigenvalue weighted by Crippen LogP contribution is 2.36. The topological polar surface area (TPSA) is 89.4 Å². The van der Waals surface area contributed by atoms with Gasteiger partial charge < -0.3 is 10.6 Å². The quantitative estimate of drug-likeness (QED) is 0.356. The van der Waals surface area contributed by atoms with Crippen molar-refractivity contribution in [3.8, 4) is 11.1 Å². The number of alkyl halides is 3.